The summed E-state index contributed by atoms with van der Waals surface area (Å²) in [5.74, 6) is -0.166. The van der Waals surface area contributed by atoms with Gasteiger partial charge in [-0.2, -0.15) is 0 Å². The molecule has 0 spiro atoms. The number of carbonyl (C=O) groups is 1. The van der Waals surface area contributed by atoms with E-state index in [0.29, 0.717) is 5.69 Å². The van der Waals surface area contributed by atoms with Gasteiger partial charge in [0.1, 0.15) is 10.8 Å². The Balaban J connectivity index is 2.17. The van der Waals surface area contributed by atoms with Crippen LogP contribution in [0.25, 0.3) is 0 Å². The Labute approximate surface area is 96.3 Å². The lowest BCUT2D eigenvalue weighted by atomic mass is 10.4. The van der Waals surface area contributed by atoms with E-state index < -0.39 is 0 Å². The molecule has 2 rings (SSSR count). The third kappa shape index (κ3) is 2.17. The summed E-state index contributed by atoms with van der Waals surface area (Å²) < 4.78 is 1.60. The minimum absolute atomic E-state index is 0.165. The summed E-state index contributed by atoms with van der Waals surface area (Å²) in [5.41, 5.74) is 0.420. The quantitative estimate of drug-likeness (QED) is 0.795. The van der Waals surface area contributed by atoms with E-state index in [-0.39, 0.29) is 17.0 Å². The Hall–Kier alpha value is -1.95. The summed E-state index contributed by atoms with van der Waals surface area (Å²) in [5, 5.41) is 2.79. The summed E-state index contributed by atoms with van der Waals surface area (Å²) in [7, 11) is 1.72. The molecule has 6 nitrogen and oxygen atoms in total. The average Bonchev–Trinajstić information content (AvgIpc) is 2.64. The van der Waals surface area contributed by atoms with Gasteiger partial charge in [0.05, 0.1) is 12.5 Å². The van der Waals surface area contributed by atoms with Crippen molar-refractivity contribution in [3.8, 4) is 0 Å². The molecule has 82 valence electrons. The van der Waals surface area contributed by atoms with E-state index in [1.807, 2.05) is 0 Å². The third-order valence-electron chi connectivity index (χ3n) is 1.90. The maximum atomic E-state index is 11.7. The number of hydrogen-bond acceptors (Lipinski definition) is 4. The van der Waals surface area contributed by atoms with Crippen molar-refractivity contribution < 1.29 is 4.79 Å². The van der Waals surface area contributed by atoms with Gasteiger partial charge in [-0.15, -0.1) is 0 Å². The number of aryl methyl sites for hydroxylation is 1. The first-order valence-electron chi connectivity index (χ1n) is 4.43. The normalized spacial score (nSPS) is 10.1. The fraction of sp³-hybridized carbons (Fsp3) is 0.111. The van der Waals surface area contributed by atoms with Gasteiger partial charge in [0.15, 0.2) is 0 Å². The second-order valence-corrected chi connectivity index (χ2v) is 3.43. The lowest BCUT2D eigenvalue weighted by Crippen LogP contribution is -2.17. The highest BCUT2D eigenvalue weighted by Crippen LogP contribution is 2.07. The first kappa shape index (κ1) is 10.6. The zero-order valence-corrected chi connectivity index (χ0v) is 9.14. The van der Waals surface area contributed by atoms with Crippen LogP contribution in [0.1, 0.15) is 10.5 Å². The first-order chi connectivity index (χ1) is 7.66. The lowest BCUT2D eigenvalue weighted by Gasteiger charge is -2.03. The topological polar surface area (TPSA) is 72.7 Å². The van der Waals surface area contributed by atoms with Crippen molar-refractivity contribution in [2.45, 2.75) is 0 Å². The number of amides is 1. The Kier molecular flexibility index (Phi) is 2.82. The van der Waals surface area contributed by atoms with Crippen LogP contribution in [0.5, 0.6) is 0 Å². The van der Waals surface area contributed by atoms with E-state index in [2.05, 4.69) is 20.3 Å². The molecule has 2 aromatic heterocycles. The van der Waals surface area contributed by atoms with E-state index >= 15 is 0 Å². The molecule has 0 atom stereocenters. The van der Waals surface area contributed by atoms with Gasteiger partial charge in [-0.05, 0) is 6.07 Å². The maximum absolute atomic E-state index is 11.7. The summed E-state index contributed by atoms with van der Waals surface area (Å²) in [6.07, 6.45) is 4.46. The van der Waals surface area contributed by atoms with Crippen LogP contribution >= 0.6 is 11.6 Å². The van der Waals surface area contributed by atoms with Crippen LogP contribution in [0.2, 0.25) is 5.15 Å². The smallest absolute Gasteiger partial charge is 0.276 e. The molecule has 0 aliphatic carbocycles. The first-order valence-corrected chi connectivity index (χ1v) is 4.81. The fourth-order valence-corrected chi connectivity index (χ4v) is 1.27. The highest BCUT2D eigenvalue weighted by Gasteiger charge is 2.11. The van der Waals surface area contributed by atoms with Crippen molar-refractivity contribution in [3.05, 3.63) is 35.6 Å². The number of nitrogens with zero attached hydrogens (tertiary/aromatic N) is 4. The fourth-order valence-electron chi connectivity index (χ4n) is 1.14. The van der Waals surface area contributed by atoms with Crippen molar-refractivity contribution in [1.29, 1.82) is 0 Å². The minimum atomic E-state index is -0.331. The second kappa shape index (κ2) is 4.28. The molecule has 2 heterocycles. The molecule has 0 bridgehead atoms. The minimum Gasteiger partial charge on any atom is -0.330 e. The van der Waals surface area contributed by atoms with E-state index in [0.717, 1.165) is 0 Å². The van der Waals surface area contributed by atoms with Gasteiger partial charge in [0, 0.05) is 13.2 Å². The molecule has 1 amide bonds. The van der Waals surface area contributed by atoms with E-state index in [1.54, 1.807) is 11.6 Å². The number of halogens is 1. The molecule has 0 fully saturated rings. The van der Waals surface area contributed by atoms with Crippen molar-refractivity contribution in [2.75, 3.05) is 5.32 Å². The van der Waals surface area contributed by atoms with Crippen LogP contribution in [0.3, 0.4) is 0 Å². The Morgan fingerprint density at radius 2 is 2.38 bits per heavy atom. The van der Waals surface area contributed by atoms with Crippen molar-refractivity contribution in [1.82, 2.24) is 19.5 Å². The van der Waals surface area contributed by atoms with Gasteiger partial charge < -0.3 is 4.57 Å². The molecule has 0 aliphatic rings. The van der Waals surface area contributed by atoms with Gasteiger partial charge in [0.2, 0.25) is 5.95 Å². The molecule has 7 heteroatoms. The van der Waals surface area contributed by atoms with E-state index in [9.17, 15) is 4.79 Å². The number of anilines is 1. The predicted octanol–water partition coefficient (Wildman–Crippen LogP) is 1.12. The lowest BCUT2D eigenvalue weighted by molar-refractivity contribution is 0.101. The van der Waals surface area contributed by atoms with Gasteiger partial charge in [-0.25, -0.2) is 15.0 Å². The molecule has 0 aliphatic heterocycles. The molecule has 0 radical (unpaired) electrons. The zero-order chi connectivity index (χ0) is 11.5. The Bertz CT molecular complexity index is 524. The van der Waals surface area contributed by atoms with Crippen LogP contribution in [0, 0.1) is 0 Å². The Morgan fingerprint density at radius 3 is 3.00 bits per heavy atom. The highest BCUT2D eigenvalue weighted by atomic mass is 35.5. The molecule has 0 saturated carbocycles. The molecule has 1 N–H and O–H groups in total. The summed E-state index contributed by atoms with van der Waals surface area (Å²) in [4.78, 5) is 23.3. The molecular formula is C9H8ClN5O. The van der Waals surface area contributed by atoms with Gasteiger partial charge >= 0.3 is 0 Å². The van der Waals surface area contributed by atoms with E-state index in [1.165, 1.54) is 24.8 Å². The molecular weight excluding hydrogens is 230 g/mol. The third-order valence-corrected chi connectivity index (χ3v) is 2.11. The number of rotatable bonds is 2. The van der Waals surface area contributed by atoms with Crippen LogP contribution in [-0.2, 0) is 7.05 Å². The molecule has 0 unspecified atom stereocenters. The van der Waals surface area contributed by atoms with Crippen molar-refractivity contribution in [2.24, 2.45) is 7.05 Å². The summed E-state index contributed by atoms with van der Waals surface area (Å²) in [6.45, 7) is 0. The van der Waals surface area contributed by atoms with Crippen LogP contribution < -0.4 is 5.32 Å². The van der Waals surface area contributed by atoms with Crippen molar-refractivity contribution in [3.63, 3.8) is 0 Å². The van der Waals surface area contributed by atoms with Crippen LogP contribution in [0.4, 0.5) is 5.95 Å². The number of carbonyl (C=O) groups excluding carboxylic acids is 1. The summed E-state index contributed by atoms with van der Waals surface area (Å²) in [6, 6.07) is 1.53. The summed E-state index contributed by atoms with van der Waals surface area (Å²) >= 11 is 5.66. The van der Waals surface area contributed by atoms with Crippen LogP contribution in [-0.4, -0.2) is 25.4 Å². The van der Waals surface area contributed by atoms with E-state index in [4.69, 9.17) is 11.6 Å². The van der Waals surface area contributed by atoms with Crippen molar-refractivity contribution >= 4 is 23.5 Å². The number of imidazole rings is 1. The zero-order valence-electron chi connectivity index (χ0n) is 8.38. The van der Waals surface area contributed by atoms with Crippen LogP contribution in [0.15, 0.2) is 24.8 Å². The average molecular weight is 238 g/mol. The number of hydrogen-bond donors (Lipinski definition) is 1. The molecule has 0 saturated heterocycles. The van der Waals surface area contributed by atoms with Gasteiger partial charge in [-0.3, -0.25) is 10.1 Å². The Morgan fingerprint density at radius 1 is 1.56 bits per heavy atom. The number of aromatic nitrogens is 4. The standard InChI is InChI=1S/C9H8ClN5O/c1-15-5-11-4-6(15)8(16)14-9-12-3-2-7(10)13-9/h2-5H,1H3,(H,12,13,14,16). The predicted molar refractivity (Wildman–Crippen MR) is 58.2 cm³/mol. The second-order valence-electron chi connectivity index (χ2n) is 3.05. The maximum Gasteiger partial charge on any atom is 0.276 e. The molecule has 2 aromatic rings. The molecule has 16 heavy (non-hydrogen) atoms. The monoisotopic (exact) mass is 237 g/mol. The molecule has 0 aromatic carbocycles. The largest absolute Gasteiger partial charge is 0.330 e. The van der Waals surface area contributed by atoms with Gasteiger partial charge in [0.25, 0.3) is 5.91 Å². The highest BCUT2D eigenvalue weighted by molar-refractivity contribution is 6.29. The SMILES string of the molecule is Cn1cncc1C(=O)Nc1nccc(Cl)n1. The number of nitrogens with one attached hydrogen (secondary N) is 1. The van der Waals surface area contributed by atoms with Gasteiger partial charge in [-0.1, -0.05) is 11.6 Å².